The molecule has 0 radical (unpaired) electrons. The topological polar surface area (TPSA) is 102 Å². The molecule has 0 aliphatic heterocycles. The van der Waals surface area contributed by atoms with Crippen LogP contribution in [0.2, 0.25) is 5.02 Å². The van der Waals surface area contributed by atoms with Gasteiger partial charge in [0.15, 0.2) is 4.34 Å². The van der Waals surface area contributed by atoms with Gasteiger partial charge in [0.25, 0.3) is 5.91 Å². The fourth-order valence-corrected chi connectivity index (χ4v) is 4.12. The van der Waals surface area contributed by atoms with Gasteiger partial charge in [-0.15, -0.1) is 23.4 Å². The first kappa shape index (κ1) is 24.6. The molecule has 2 amide bonds. The molecule has 2 N–H and O–H groups in total. The van der Waals surface area contributed by atoms with Crippen LogP contribution in [-0.2, 0) is 4.79 Å². The molecule has 1 heterocycles. The number of nitrogens with one attached hydrogen (secondary N) is 2. The Bertz CT molecular complexity index is 1140. The van der Waals surface area contributed by atoms with E-state index >= 15 is 0 Å². The summed E-state index contributed by atoms with van der Waals surface area (Å²) in [5.74, 6) is -0.989. The van der Waals surface area contributed by atoms with Gasteiger partial charge in [-0.05, 0) is 42.5 Å². The molecular weight excluding hydrogens is 505 g/mol. The number of halogens is 4. The number of carbonyl (C=O) groups excluding carboxylic acids is 2. The van der Waals surface area contributed by atoms with Crippen molar-refractivity contribution in [2.75, 3.05) is 23.5 Å². The molecule has 14 heteroatoms. The zero-order valence-electron chi connectivity index (χ0n) is 16.6. The van der Waals surface area contributed by atoms with Crippen LogP contribution in [0.1, 0.15) is 10.4 Å². The van der Waals surface area contributed by atoms with Crippen molar-refractivity contribution in [2.24, 2.45) is 0 Å². The van der Waals surface area contributed by atoms with Crippen molar-refractivity contribution in [3.05, 3.63) is 53.1 Å². The van der Waals surface area contributed by atoms with E-state index in [2.05, 4.69) is 25.6 Å². The van der Waals surface area contributed by atoms with Gasteiger partial charge in [-0.25, -0.2) is 0 Å². The Morgan fingerprint density at radius 1 is 1.12 bits per heavy atom. The first-order chi connectivity index (χ1) is 15.6. The highest BCUT2D eigenvalue weighted by Crippen LogP contribution is 2.28. The molecule has 0 fully saturated rings. The normalized spacial score (nSPS) is 11.1. The third-order valence-corrected chi connectivity index (χ3v) is 5.94. The Kier molecular flexibility index (Phi) is 8.00. The van der Waals surface area contributed by atoms with Gasteiger partial charge in [-0.3, -0.25) is 14.9 Å². The number of anilines is 2. The van der Waals surface area contributed by atoms with Gasteiger partial charge >= 0.3 is 6.36 Å². The van der Waals surface area contributed by atoms with E-state index in [9.17, 15) is 22.8 Å². The molecule has 2 aromatic carbocycles. The van der Waals surface area contributed by atoms with Crippen LogP contribution in [-0.4, -0.2) is 41.2 Å². The van der Waals surface area contributed by atoms with Gasteiger partial charge in [-0.1, -0.05) is 34.7 Å². The third-order valence-electron chi connectivity index (χ3n) is 3.73. The zero-order valence-corrected chi connectivity index (χ0v) is 19.0. The van der Waals surface area contributed by atoms with E-state index in [-0.39, 0.29) is 16.4 Å². The predicted molar refractivity (Wildman–Crippen MR) is 118 cm³/mol. The van der Waals surface area contributed by atoms with Crippen LogP contribution >= 0.6 is 34.7 Å². The Morgan fingerprint density at radius 2 is 1.85 bits per heavy atom. The Morgan fingerprint density at radius 3 is 2.52 bits per heavy atom. The minimum Gasteiger partial charge on any atom is -0.496 e. The van der Waals surface area contributed by atoms with Crippen molar-refractivity contribution in [1.29, 1.82) is 0 Å². The van der Waals surface area contributed by atoms with Gasteiger partial charge in [0.05, 0.1) is 18.4 Å². The van der Waals surface area contributed by atoms with Crippen LogP contribution in [0.4, 0.5) is 24.0 Å². The minimum absolute atomic E-state index is 0.0362. The lowest BCUT2D eigenvalue weighted by Crippen LogP contribution is -2.17. The quantitative estimate of drug-likeness (QED) is 0.316. The molecule has 0 saturated carbocycles. The van der Waals surface area contributed by atoms with Crippen molar-refractivity contribution in [1.82, 2.24) is 10.2 Å². The lowest BCUT2D eigenvalue weighted by molar-refractivity contribution is -0.274. The Hall–Kier alpha value is -3.03. The number of thioether (sulfide) groups is 1. The number of benzene rings is 2. The monoisotopic (exact) mass is 518 g/mol. The fraction of sp³-hybridized carbons (Fsp3) is 0.158. The largest absolute Gasteiger partial charge is 0.573 e. The standard InChI is InChI=1S/C19H14ClF3N4O4S2/c1-30-14-7-2-10(20)8-13(14)16(29)25-17-26-27-18(33-17)32-9-15(28)24-11-3-5-12(6-4-11)31-19(21,22)23/h2-8H,9H2,1H3,(H,24,28)(H,25,26,29). The minimum atomic E-state index is -4.79. The van der Waals surface area contributed by atoms with Crippen molar-refractivity contribution in [3.63, 3.8) is 0 Å². The summed E-state index contributed by atoms with van der Waals surface area (Å²) in [4.78, 5) is 24.6. The molecule has 33 heavy (non-hydrogen) atoms. The molecule has 0 saturated heterocycles. The molecule has 174 valence electrons. The number of ether oxygens (including phenoxy) is 2. The maximum atomic E-state index is 12.5. The summed E-state index contributed by atoms with van der Waals surface area (Å²) in [6, 6.07) is 9.35. The molecule has 0 spiro atoms. The second kappa shape index (κ2) is 10.7. The van der Waals surface area contributed by atoms with Crippen LogP contribution in [0, 0.1) is 0 Å². The summed E-state index contributed by atoms with van der Waals surface area (Å²) in [6.45, 7) is 0. The van der Waals surface area contributed by atoms with Crippen molar-refractivity contribution in [3.8, 4) is 11.5 Å². The number of amides is 2. The van der Waals surface area contributed by atoms with E-state index in [1.54, 1.807) is 12.1 Å². The molecule has 0 unspecified atom stereocenters. The maximum absolute atomic E-state index is 12.5. The van der Waals surface area contributed by atoms with E-state index < -0.39 is 23.9 Å². The van der Waals surface area contributed by atoms with Gasteiger partial charge in [0, 0.05) is 10.7 Å². The highest BCUT2D eigenvalue weighted by atomic mass is 35.5. The number of alkyl halides is 3. The lowest BCUT2D eigenvalue weighted by atomic mass is 10.2. The fourth-order valence-electron chi connectivity index (χ4n) is 2.41. The molecule has 3 aromatic rings. The first-order valence-electron chi connectivity index (χ1n) is 8.90. The molecule has 0 bridgehead atoms. The lowest BCUT2D eigenvalue weighted by Gasteiger charge is -2.09. The van der Waals surface area contributed by atoms with Crippen LogP contribution < -0.4 is 20.1 Å². The molecule has 3 rings (SSSR count). The van der Waals surface area contributed by atoms with Crippen LogP contribution in [0.5, 0.6) is 11.5 Å². The number of methoxy groups -OCH3 is 1. The Labute approximate surface area is 198 Å². The summed E-state index contributed by atoms with van der Waals surface area (Å²) in [5.41, 5.74) is 0.524. The smallest absolute Gasteiger partial charge is 0.496 e. The van der Waals surface area contributed by atoms with Gasteiger partial charge < -0.3 is 14.8 Å². The highest BCUT2D eigenvalue weighted by molar-refractivity contribution is 8.01. The molecular formula is C19H14ClF3N4O4S2. The number of aromatic nitrogens is 2. The van der Waals surface area contributed by atoms with Gasteiger partial charge in [0.2, 0.25) is 11.0 Å². The van der Waals surface area contributed by atoms with Crippen molar-refractivity contribution < 1.29 is 32.2 Å². The van der Waals surface area contributed by atoms with Crippen molar-refractivity contribution >= 4 is 57.3 Å². The van der Waals surface area contributed by atoms with Crippen molar-refractivity contribution in [2.45, 2.75) is 10.7 Å². The maximum Gasteiger partial charge on any atom is 0.573 e. The van der Waals surface area contributed by atoms with E-state index in [1.165, 1.54) is 25.3 Å². The number of carbonyl (C=O) groups is 2. The third kappa shape index (κ3) is 7.51. The highest BCUT2D eigenvalue weighted by Gasteiger charge is 2.31. The van der Waals surface area contributed by atoms with Crippen LogP contribution in [0.3, 0.4) is 0 Å². The predicted octanol–water partition coefficient (Wildman–Crippen LogP) is 5.08. The first-order valence-corrected chi connectivity index (χ1v) is 11.1. The van der Waals surface area contributed by atoms with E-state index in [1.807, 2.05) is 0 Å². The molecule has 0 atom stereocenters. The number of rotatable bonds is 8. The zero-order chi connectivity index (χ0) is 24.0. The van der Waals surface area contributed by atoms with E-state index in [4.69, 9.17) is 16.3 Å². The average Bonchev–Trinajstić information content (AvgIpc) is 3.20. The summed E-state index contributed by atoms with van der Waals surface area (Å²) in [6.07, 6.45) is -4.79. The number of hydrogen-bond donors (Lipinski definition) is 2. The molecule has 1 aromatic heterocycles. The molecule has 0 aliphatic rings. The van der Waals surface area contributed by atoms with E-state index in [0.717, 1.165) is 35.2 Å². The second-order valence-electron chi connectivity index (χ2n) is 6.08. The number of nitrogens with zero attached hydrogens (tertiary/aromatic N) is 2. The van der Waals surface area contributed by atoms with Crippen LogP contribution in [0.15, 0.2) is 46.8 Å². The molecule has 8 nitrogen and oxygen atoms in total. The van der Waals surface area contributed by atoms with Gasteiger partial charge in [-0.2, -0.15) is 0 Å². The summed E-state index contributed by atoms with van der Waals surface area (Å²) >= 11 is 8.07. The SMILES string of the molecule is COc1ccc(Cl)cc1C(=O)Nc1nnc(SCC(=O)Nc2ccc(OC(F)(F)F)cc2)s1. The summed E-state index contributed by atoms with van der Waals surface area (Å²) in [7, 11) is 1.43. The van der Waals surface area contributed by atoms with Crippen LogP contribution in [0.25, 0.3) is 0 Å². The van der Waals surface area contributed by atoms with Gasteiger partial charge in [0.1, 0.15) is 11.5 Å². The number of hydrogen-bond acceptors (Lipinski definition) is 8. The van der Waals surface area contributed by atoms with E-state index in [0.29, 0.717) is 20.8 Å². The average molecular weight is 519 g/mol. The summed E-state index contributed by atoms with van der Waals surface area (Å²) < 4.78 is 45.9. The second-order valence-corrected chi connectivity index (χ2v) is 8.72. The molecule has 0 aliphatic carbocycles. The Balaban J connectivity index is 1.51. The summed E-state index contributed by atoms with van der Waals surface area (Å²) in [5, 5.41) is 13.5.